The van der Waals surface area contributed by atoms with Crippen LogP contribution in [0.5, 0.6) is 0 Å². The zero-order valence-electron chi connectivity index (χ0n) is 13.5. The number of nitrogens with one attached hydrogen (secondary N) is 1. The van der Waals surface area contributed by atoms with Gasteiger partial charge in [-0.1, -0.05) is 11.8 Å². The highest BCUT2D eigenvalue weighted by Crippen LogP contribution is 2.32. The summed E-state index contributed by atoms with van der Waals surface area (Å²) in [5, 5.41) is 11.2. The van der Waals surface area contributed by atoms with Crippen molar-refractivity contribution in [1.82, 2.24) is 5.32 Å². The maximum atomic E-state index is 13.0. The average Bonchev–Trinajstić information content (AvgIpc) is 2.44. The molecule has 128 valence electrons. The number of amides is 1. The van der Waals surface area contributed by atoms with Gasteiger partial charge in [0.2, 0.25) is 0 Å². The predicted molar refractivity (Wildman–Crippen MR) is 81.9 cm³/mol. The van der Waals surface area contributed by atoms with Crippen molar-refractivity contribution in [3.05, 3.63) is 34.9 Å². The lowest BCUT2D eigenvalue weighted by molar-refractivity contribution is -0.137. The molecular formula is C17H17F3N2O2. The normalized spacial score (nSPS) is 11.0. The summed E-state index contributed by atoms with van der Waals surface area (Å²) in [6, 6.07) is 4.87. The molecular weight excluding hydrogens is 321 g/mol. The molecule has 7 heteroatoms. The molecule has 1 aromatic carbocycles. The number of nitrogens with zero attached hydrogens (tertiary/aromatic N) is 1. The third kappa shape index (κ3) is 6.62. The van der Waals surface area contributed by atoms with E-state index in [0.29, 0.717) is 0 Å². The van der Waals surface area contributed by atoms with Crippen molar-refractivity contribution >= 4 is 6.09 Å². The molecule has 0 radical (unpaired) electrons. The largest absolute Gasteiger partial charge is 0.444 e. The van der Waals surface area contributed by atoms with E-state index >= 15 is 0 Å². The van der Waals surface area contributed by atoms with Gasteiger partial charge >= 0.3 is 12.3 Å². The predicted octanol–water partition coefficient (Wildman–Crippen LogP) is 3.84. The quantitative estimate of drug-likeness (QED) is 0.658. The van der Waals surface area contributed by atoms with Crippen LogP contribution in [0.25, 0.3) is 0 Å². The number of rotatable bonds is 2. The highest BCUT2D eigenvalue weighted by molar-refractivity contribution is 5.67. The van der Waals surface area contributed by atoms with Crippen LogP contribution >= 0.6 is 0 Å². The van der Waals surface area contributed by atoms with Crippen LogP contribution in [0, 0.1) is 23.2 Å². The van der Waals surface area contributed by atoms with Crippen molar-refractivity contribution < 1.29 is 22.7 Å². The number of halogens is 3. The number of carbonyl (C=O) groups is 1. The maximum Gasteiger partial charge on any atom is 0.417 e. The molecule has 0 aliphatic rings. The van der Waals surface area contributed by atoms with Gasteiger partial charge in [-0.05, 0) is 39.0 Å². The lowest BCUT2D eigenvalue weighted by Crippen LogP contribution is -2.32. The highest BCUT2D eigenvalue weighted by atomic mass is 19.4. The van der Waals surface area contributed by atoms with Crippen molar-refractivity contribution in [2.75, 3.05) is 6.54 Å². The molecule has 0 aromatic heterocycles. The molecule has 0 unspecified atom stereocenters. The zero-order chi connectivity index (χ0) is 18.4. The van der Waals surface area contributed by atoms with Gasteiger partial charge in [-0.25, -0.2) is 4.79 Å². The van der Waals surface area contributed by atoms with E-state index in [-0.39, 0.29) is 24.1 Å². The van der Waals surface area contributed by atoms with E-state index in [1.807, 2.05) is 0 Å². The van der Waals surface area contributed by atoms with Gasteiger partial charge in [-0.2, -0.15) is 18.4 Å². The SMILES string of the molecule is CC(C)(C)OC(=O)NCCC#Cc1ccc(C#N)cc1C(F)(F)F. The van der Waals surface area contributed by atoms with E-state index < -0.39 is 23.4 Å². The summed E-state index contributed by atoms with van der Waals surface area (Å²) >= 11 is 0. The third-order valence-corrected chi connectivity index (χ3v) is 2.60. The molecule has 1 N–H and O–H groups in total. The van der Waals surface area contributed by atoms with E-state index in [0.717, 1.165) is 12.1 Å². The number of nitriles is 1. The minimum Gasteiger partial charge on any atom is -0.444 e. The van der Waals surface area contributed by atoms with Gasteiger partial charge in [-0.15, -0.1) is 0 Å². The third-order valence-electron chi connectivity index (χ3n) is 2.60. The van der Waals surface area contributed by atoms with E-state index in [1.165, 1.54) is 6.07 Å². The molecule has 1 rings (SSSR count). The second kappa shape index (κ2) is 7.74. The van der Waals surface area contributed by atoms with E-state index in [4.69, 9.17) is 10.00 Å². The first-order valence-corrected chi connectivity index (χ1v) is 7.10. The van der Waals surface area contributed by atoms with Gasteiger partial charge in [0.15, 0.2) is 0 Å². The molecule has 4 nitrogen and oxygen atoms in total. The topological polar surface area (TPSA) is 62.1 Å². The van der Waals surface area contributed by atoms with Crippen LogP contribution in [0.4, 0.5) is 18.0 Å². The molecule has 0 saturated heterocycles. The van der Waals surface area contributed by atoms with Crippen molar-refractivity contribution in [2.24, 2.45) is 0 Å². The molecule has 0 atom stereocenters. The molecule has 1 amide bonds. The Kier molecular flexibility index (Phi) is 6.25. The Balaban J connectivity index is 2.70. The Morgan fingerprint density at radius 1 is 1.29 bits per heavy atom. The molecule has 0 saturated carbocycles. The fourth-order valence-corrected chi connectivity index (χ4v) is 1.66. The first kappa shape index (κ1) is 19.4. The number of alkyl halides is 3. The summed E-state index contributed by atoms with van der Waals surface area (Å²) in [6.07, 6.45) is -5.04. The zero-order valence-corrected chi connectivity index (χ0v) is 13.5. The number of carbonyl (C=O) groups excluding carboxylic acids is 1. The monoisotopic (exact) mass is 338 g/mol. The molecule has 0 heterocycles. The van der Waals surface area contributed by atoms with Gasteiger partial charge in [0.1, 0.15) is 5.60 Å². The summed E-state index contributed by atoms with van der Waals surface area (Å²) in [6.45, 7) is 5.31. The van der Waals surface area contributed by atoms with Gasteiger partial charge in [-0.3, -0.25) is 0 Å². The Bertz CT molecular complexity index is 702. The molecule has 0 spiro atoms. The number of alkyl carbamates (subject to hydrolysis) is 1. The fourth-order valence-electron chi connectivity index (χ4n) is 1.66. The first-order valence-electron chi connectivity index (χ1n) is 7.10. The van der Waals surface area contributed by atoms with Crippen molar-refractivity contribution in [2.45, 2.75) is 39.0 Å². The second-order valence-electron chi connectivity index (χ2n) is 5.85. The van der Waals surface area contributed by atoms with E-state index in [2.05, 4.69) is 17.2 Å². The first-order chi connectivity index (χ1) is 11.0. The fraction of sp³-hybridized carbons (Fsp3) is 0.412. The van der Waals surface area contributed by atoms with E-state index in [9.17, 15) is 18.0 Å². The lowest BCUT2D eigenvalue weighted by Gasteiger charge is -2.19. The van der Waals surface area contributed by atoms with Gasteiger partial charge in [0.05, 0.1) is 17.2 Å². The molecule has 24 heavy (non-hydrogen) atoms. The van der Waals surface area contributed by atoms with Crippen LogP contribution in [0.15, 0.2) is 18.2 Å². The van der Waals surface area contributed by atoms with Crippen LogP contribution in [0.2, 0.25) is 0 Å². The Hall–Kier alpha value is -2.67. The summed E-state index contributed by atoms with van der Waals surface area (Å²) < 4.78 is 43.9. The second-order valence-corrected chi connectivity index (χ2v) is 5.85. The van der Waals surface area contributed by atoms with E-state index in [1.54, 1.807) is 26.8 Å². The Morgan fingerprint density at radius 2 is 1.96 bits per heavy atom. The van der Waals surface area contributed by atoms with Gasteiger partial charge < -0.3 is 10.1 Å². The maximum absolute atomic E-state index is 13.0. The molecule has 0 bridgehead atoms. The highest BCUT2D eigenvalue weighted by Gasteiger charge is 2.33. The van der Waals surface area contributed by atoms with Gasteiger partial charge in [0, 0.05) is 18.5 Å². The summed E-state index contributed by atoms with van der Waals surface area (Å²) in [5.41, 5.74) is -1.87. The van der Waals surface area contributed by atoms with Crippen molar-refractivity contribution in [1.29, 1.82) is 5.26 Å². The number of hydrogen-bond acceptors (Lipinski definition) is 3. The van der Waals surface area contributed by atoms with Crippen LogP contribution in [0.1, 0.15) is 43.9 Å². The molecule has 1 aromatic rings. The summed E-state index contributed by atoms with van der Waals surface area (Å²) in [7, 11) is 0. The minimum absolute atomic E-state index is 0.0838. The molecule has 0 aliphatic heterocycles. The average molecular weight is 338 g/mol. The molecule has 0 aliphatic carbocycles. The smallest absolute Gasteiger partial charge is 0.417 e. The van der Waals surface area contributed by atoms with Crippen LogP contribution in [0.3, 0.4) is 0 Å². The lowest BCUT2D eigenvalue weighted by atomic mass is 10.0. The standard InChI is InChI=1S/C17H17F3N2O2/c1-16(2,3)24-15(23)22-9-5-4-6-13-8-7-12(11-21)10-14(13)17(18,19)20/h7-8,10H,5,9H2,1-3H3,(H,22,23). The minimum atomic E-state index is -4.59. The van der Waals surface area contributed by atoms with Gasteiger partial charge in [0.25, 0.3) is 0 Å². The number of ether oxygens (including phenoxy) is 1. The summed E-state index contributed by atoms with van der Waals surface area (Å²) in [5.74, 6) is 4.99. The van der Waals surface area contributed by atoms with Crippen LogP contribution in [-0.2, 0) is 10.9 Å². The number of benzene rings is 1. The number of hydrogen-bond donors (Lipinski definition) is 1. The molecule has 0 fully saturated rings. The Morgan fingerprint density at radius 3 is 2.50 bits per heavy atom. The van der Waals surface area contributed by atoms with Crippen molar-refractivity contribution in [3.8, 4) is 17.9 Å². The van der Waals surface area contributed by atoms with Crippen LogP contribution in [-0.4, -0.2) is 18.2 Å². The summed E-state index contributed by atoms with van der Waals surface area (Å²) in [4.78, 5) is 11.4. The Labute approximate surface area is 138 Å². The van der Waals surface area contributed by atoms with Crippen LogP contribution < -0.4 is 5.32 Å². The van der Waals surface area contributed by atoms with Crippen molar-refractivity contribution in [3.63, 3.8) is 0 Å².